The molecule has 2 aromatic carbocycles. The smallest absolute Gasteiger partial charge is 0.331 e. The first kappa shape index (κ1) is 22.6. The largest absolute Gasteiger partial charge is 0.454 e. The number of ether oxygens (including phenoxy) is 1. The quantitative estimate of drug-likeness (QED) is 0.306. The molecule has 0 aliphatic rings. The van der Waals surface area contributed by atoms with Crippen LogP contribution in [0.3, 0.4) is 0 Å². The van der Waals surface area contributed by atoms with Crippen LogP contribution in [-0.4, -0.2) is 47.3 Å². The summed E-state index contributed by atoms with van der Waals surface area (Å²) in [7, 11) is -0.603. The zero-order valence-electron chi connectivity index (χ0n) is 18.6. The van der Waals surface area contributed by atoms with Gasteiger partial charge in [0.05, 0.1) is 21.4 Å². The molecule has 8 nitrogen and oxygen atoms in total. The molecule has 0 atom stereocenters. The average Bonchev–Trinajstić information content (AvgIpc) is 3.17. The number of benzene rings is 2. The molecule has 4 rings (SSSR count). The summed E-state index contributed by atoms with van der Waals surface area (Å²) in [6, 6.07) is 14.4. The standard InChI is InChI=1S/C24H24N4O4S/c1-4-28-21-12-11-19(33(30,31)27(2)3)15-20(21)26-22(28)16-32-23(29)13-10-18-8-5-7-17-9-6-14-25-24(17)18/h5-15H,4,16H2,1-3H3/b13-10+. The van der Waals surface area contributed by atoms with Crippen molar-refractivity contribution in [2.45, 2.75) is 25.0 Å². The van der Waals surface area contributed by atoms with Crippen LogP contribution >= 0.6 is 0 Å². The lowest BCUT2D eigenvalue weighted by molar-refractivity contribution is -0.139. The van der Waals surface area contributed by atoms with E-state index in [4.69, 9.17) is 4.74 Å². The lowest BCUT2D eigenvalue weighted by Crippen LogP contribution is -2.22. The van der Waals surface area contributed by atoms with Crippen molar-refractivity contribution < 1.29 is 17.9 Å². The van der Waals surface area contributed by atoms with E-state index in [0.29, 0.717) is 17.9 Å². The molecular formula is C24H24N4O4S. The Morgan fingerprint density at radius 2 is 1.94 bits per heavy atom. The molecule has 9 heteroatoms. The molecule has 0 saturated carbocycles. The number of esters is 1. The van der Waals surface area contributed by atoms with Crippen LogP contribution in [0, 0.1) is 0 Å². The monoisotopic (exact) mass is 464 g/mol. The molecule has 170 valence electrons. The van der Waals surface area contributed by atoms with Crippen molar-refractivity contribution >= 4 is 44.0 Å². The van der Waals surface area contributed by atoms with E-state index in [0.717, 1.165) is 26.3 Å². The first-order valence-corrected chi connectivity index (χ1v) is 11.9. The molecule has 0 saturated heterocycles. The molecule has 0 aliphatic carbocycles. The molecular weight excluding hydrogens is 440 g/mol. The number of hydrogen-bond donors (Lipinski definition) is 0. The van der Waals surface area contributed by atoms with Crippen LogP contribution in [0.1, 0.15) is 18.3 Å². The summed E-state index contributed by atoms with van der Waals surface area (Å²) < 4.78 is 33.3. The van der Waals surface area contributed by atoms with E-state index in [2.05, 4.69) is 9.97 Å². The van der Waals surface area contributed by atoms with Crippen LogP contribution in [0.5, 0.6) is 0 Å². The molecule has 0 unspecified atom stereocenters. The lowest BCUT2D eigenvalue weighted by Gasteiger charge is -2.11. The van der Waals surface area contributed by atoms with Crippen LogP contribution in [0.15, 0.2) is 65.7 Å². The van der Waals surface area contributed by atoms with E-state index < -0.39 is 16.0 Å². The second-order valence-corrected chi connectivity index (χ2v) is 9.73. The molecule has 0 radical (unpaired) electrons. The number of nitrogens with zero attached hydrogens (tertiary/aromatic N) is 4. The second-order valence-electron chi connectivity index (χ2n) is 7.57. The van der Waals surface area contributed by atoms with Gasteiger partial charge < -0.3 is 9.30 Å². The molecule has 0 N–H and O–H groups in total. The zero-order chi connectivity index (χ0) is 23.6. The van der Waals surface area contributed by atoms with Gasteiger partial charge in [0.1, 0.15) is 12.4 Å². The van der Waals surface area contributed by atoms with Gasteiger partial charge in [-0.3, -0.25) is 4.98 Å². The molecule has 33 heavy (non-hydrogen) atoms. The minimum atomic E-state index is -3.57. The Morgan fingerprint density at radius 1 is 1.15 bits per heavy atom. The number of fused-ring (bicyclic) bond motifs is 2. The Bertz CT molecular complexity index is 1470. The number of hydrogen-bond acceptors (Lipinski definition) is 6. The van der Waals surface area contributed by atoms with Crippen molar-refractivity contribution in [2.75, 3.05) is 14.1 Å². The number of sulfonamides is 1. The number of pyridine rings is 1. The van der Waals surface area contributed by atoms with Crippen molar-refractivity contribution in [3.63, 3.8) is 0 Å². The molecule has 0 fully saturated rings. The number of carbonyl (C=O) groups excluding carboxylic acids is 1. The van der Waals surface area contributed by atoms with Crippen LogP contribution in [0.25, 0.3) is 28.0 Å². The molecule has 0 amide bonds. The fourth-order valence-corrected chi connectivity index (χ4v) is 4.52. The molecule has 0 bridgehead atoms. The normalized spacial score (nSPS) is 12.2. The number of aryl methyl sites for hydroxylation is 1. The maximum Gasteiger partial charge on any atom is 0.331 e. The highest BCUT2D eigenvalue weighted by Gasteiger charge is 2.19. The number of carbonyl (C=O) groups is 1. The van der Waals surface area contributed by atoms with Crippen LogP contribution < -0.4 is 0 Å². The van der Waals surface area contributed by atoms with E-state index in [1.165, 1.54) is 26.2 Å². The maximum absolute atomic E-state index is 12.4. The van der Waals surface area contributed by atoms with E-state index in [-0.39, 0.29) is 11.5 Å². The fraction of sp³-hybridized carbons (Fsp3) is 0.208. The first-order valence-electron chi connectivity index (χ1n) is 10.4. The highest BCUT2D eigenvalue weighted by molar-refractivity contribution is 7.89. The SMILES string of the molecule is CCn1c(COC(=O)/C=C/c2cccc3cccnc23)nc2cc(S(=O)(=O)N(C)C)ccc21. The zero-order valence-corrected chi connectivity index (χ0v) is 19.4. The van der Waals surface area contributed by atoms with Crippen molar-refractivity contribution in [1.29, 1.82) is 0 Å². The Labute approximate surface area is 192 Å². The Kier molecular flexibility index (Phi) is 6.26. The van der Waals surface area contributed by atoms with Crippen LogP contribution in [0.2, 0.25) is 0 Å². The van der Waals surface area contributed by atoms with Gasteiger partial charge in [-0.15, -0.1) is 0 Å². The van der Waals surface area contributed by atoms with Crippen LogP contribution in [-0.2, 0) is 32.7 Å². The third-order valence-corrected chi connectivity index (χ3v) is 7.11. The van der Waals surface area contributed by atoms with E-state index in [1.807, 2.05) is 41.8 Å². The minimum absolute atomic E-state index is 0.0325. The summed E-state index contributed by atoms with van der Waals surface area (Å²) in [6.45, 7) is 2.51. The van der Waals surface area contributed by atoms with Gasteiger partial charge >= 0.3 is 5.97 Å². The minimum Gasteiger partial charge on any atom is -0.454 e. The predicted octanol–water partition coefficient (Wildman–Crippen LogP) is 3.61. The highest BCUT2D eigenvalue weighted by Crippen LogP contribution is 2.23. The summed E-state index contributed by atoms with van der Waals surface area (Å²) >= 11 is 0. The number of aromatic nitrogens is 3. The number of imidazole rings is 1. The predicted molar refractivity (Wildman–Crippen MR) is 127 cm³/mol. The van der Waals surface area contributed by atoms with Gasteiger partial charge in [0, 0.05) is 43.9 Å². The molecule has 2 heterocycles. The van der Waals surface area contributed by atoms with Crippen LogP contribution in [0.4, 0.5) is 0 Å². The van der Waals surface area contributed by atoms with E-state index in [9.17, 15) is 13.2 Å². The second kappa shape index (κ2) is 9.13. The topological polar surface area (TPSA) is 94.4 Å². The Hall–Kier alpha value is -3.56. The van der Waals surface area contributed by atoms with Crippen molar-refractivity contribution in [3.05, 3.63) is 72.2 Å². The average molecular weight is 465 g/mol. The van der Waals surface area contributed by atoms with Gasteiger partial charge in [-0.1, -0.05) is 24.3 Å². The summed E-state index contributed by atoms with van der Waals surface area (Å²) in [5.41, 5.74) is 2.93. The van der Waals surface area contributed by atoms with Crippen molar-refractivity contribution in [3.8, 4) is 0 Å². The molecule has 0 spiro atoms. The summed E-state index contributed by atoms with van der Waals surface area (Å²) in [5, 5.41) is 0.986. The Balaban J connectivity index is 1.53. The van der Waals surface area contributed by atoms with Crippen molar-refractivity contribution in [2.24, 2.45) is 0 Å². The lowest BCUT2D eigenvalue weighted by atomic mass is 10.1. The summed E-state index contributed by atoms with van der Waals surface area (Å²) in [4.78, 5) is 21.4. The van der Waals surface area contributed by atoms with Gasteiger partial charge in [-0.25, -0.2) is 22.5 Å². The molecule has 0 aliphatic heterocycles. The summed E-state index contributed by atoms with van der Waals surface area (Å²) in [6.07, 6.45) is 4.76. The van der Waals surface area contributed by atoms with Gasteiger partial charge in [-0.05, 0) is 37.3 Å². The van der Waals surface area contributed by atoms with Gasteiger partial charge in [-0.2, -0.15) is 0 Å². The Morgan fingerprint density at radius 3 is 2.70 bits per heavy atom. The highest BCUT2D eigenvalue weighted by atomic mass is 32.2. The third-order valence-electron chi connectivity index (χ3n) is 5.30. The van der Waals surface area contributed by atoms with E-state index in [1.54, 1.807) is 24.4 Å². The maximum atomic E-state index is 12.4. The fourth-order valence-electron chi connectivity index (χ4n) is 3.60. The van der Waals surface area contributed by atoms with Gasteiger partial charge in [0.15, 0.2) is 0 Å². The number of para-hydroxylation sites is 1. The molecule has 4 aromatic rings. The van der Waals surface area contributed by atoms with Gasteiger partial charge in [0.25, 0.3) is 0 Å². The number of rotatable bonds is 7. The summed E-state index contributed by atoms with van der Waals surface area (Å²) in [5.74, 6) is 0.0361. The third kappa shape index (κ3) is 4.50. The van der Waals surface area contributed by atoms with Gasteiger partial charge in [0.2, 0.25) is 10.0 Å². The van der Waals surface area contributed by atoms with Crippen molar-refractivity contribution in [1.82, 2.24) is 18.8 Å². The van der Waals surface area contributed by atoms with E-state index >= 15 is 0 Å². The first-order chi connectivity index (χ1) is 15.8. The molecule has 2 aromatic heterocycles.